The summed E-state index contributed by atoms with van der Waals surface area (Å²) in [6, 6.07) is 0.538. The minimum absolute atomic E-state index is 0. The van der Waals surface area contributed by atoms with Crippen LogP contribution >= 0.6 is 35.7 Å². The molecule has 0 bridgehead atoms. The lowest BCUT2D eigenvalue weighted by atomic mass is 9.96. The Morgan fingerprint density at radius 2 is 2.12 bits per heavy atom. The molecule has 0 unspecified atom stereocenters. The van der Waals surface area contributed by atoms with Crippen molar-refractivity contribution in [3.05, 3.63) is 0 Å². The Hall–Kier alpha value is -0.0900. The average Bonchev–Trinajstić information content (AvgIpc) is 2.30. The number of nitrogens with one attached hydrogen (secondary N) is 1. The molecule has 1 aliphatic carbocycles. The predicted octanol–water partition coefficient (Wildman–Crippen LogP) is 2.21. The van der Waals surface area contributed by atoms with Gasteiger partial charge in [0.05, 0.1) is 12.3 Å². The van der Waals surface area contributed by atoms with Crippen LogP contribution in [0.25, 0.3) is 0 Å². The fourth-order valence-electron chi connectivity index (χ4n) is 1.86. The molecule has 1 saturated carbocycles. The van der Waals surface area contributed by atoms with Crippen molar-refractivity contribution in [2.24, 2.45) is 10.7 Å². The predicted molar refractivity (Wildman–Crippen MR) is 88.1 cm³/mol. The highest BCUT2D eigenvalue weighted by molar-refractivity contribution is 14.0. The standard InChI is InChI=1S/C12H21N3S.HI/c1-2-9-16-10-8-14-12(13)15-11-6-4-3-5-7-11;/h1,11H,3-10H2,(H3,13,14,15);1H. The summed E-state index contributed by atoms with van der Waals surface area (Å²) in [6.45, 7) is 0.748. The van der Waals surface area contributed by atoms with Crippen LogP contribution in [0.15, 0.2) is 4.99 Å². The van der Waals surface area contributed by atoms with E-state index in [0.717, 1.165) is 18.1 Å². The van der Waals surface area contributed by atoms with Crippen LogP contribution in [0.1, 0.15) is 32.1 Å². The van der Waals surface area contributed by atoms with Gasteiger partial charge < -0.3 is 11.1 Å². The average molecular weight is 367 g/mol. The second-order valence-corrected chi connectivity index (χ2v) is 5.11. The Labute approximate surface area is 126 Å². The second-order valence-electron chi connectivity index (χ2n) is 4.00. The molecule has 0 spiro atoms. The van der Waals surface area contributed by atoms with Crippen LogP contribution in [0.5, 0.6) is 0 Å². The summed E-state index contributed by atoms with van der Waals surface area (Å²) in [6.07, 6.45) is 11.6. The molecule has 3 N–H and O–H groups in total. The fraction of sp³-hybridized carbons (Fsp3) is 0.750. The van der Waals surface area contributed by atoms with Crippen LogP contribution in [0, 0.1) is 12.3 Å². The fourth-order valence-corrected chi connectivity index (χ4v) is 2.35. The summed E-state index contributed by atoms with van der Waals surface area (Å²) in [7, 11) is 0. The van der Waals surface area contributed by atoms with Crippen LogP contribution in [0.4, 0.5) is 0 Å². The van der Waals surface area contributed by atoms with Gasteiger partial charge in [0, 0.05) is 11.8 Å². The van der Waals surface area contributed by atoms with E-state index in [4.69, 9.17) is 12.2 Å². The number of aliphatic imine (C=N–C) groups is 1. The minimum Gasteiger partial charge on any atom is -0.370 e. The number of thioether (sulfide) groups is 1. The smallest absolute Gasteiger partial charge is 0.188 e. The van der Waals surface area contributed by atoms with E-state index >= 15 is 0 Å². The van der Waals surface area contributed by atoms with Gasteiger partial charge in [0.15, 0.2) is 5.96 Å². The topological polar surface area (TPSA) is 50.4 Å². The number of guanidine groups is 1. The molecule has 0 atom stereocenters. The first-order chi connectivity index (χ1) is 7.83. The first-order valence-corrected chi connectivity index (χ1v) is 7.06. The summed E-state index contributed by atoms with van der Waals surface area (Å²) in [5.74, 6) is 4.88. The molecule has 0 aromatic heterocycles. The Kier molecular flexibility index (Phi) is 11.0. The Balaban J connectivity index is 0.00000256. The zero-order valence-corrected chi connectivity index (χ0v) is 13.3. The lowest BCUT2D eigenvalue weighted by Crippen LogP contribution is -2.41. The molecule has 1 aliphatic rings. The second kappa shape index (κ2) is 11.0. The largest absolute Gasteiger partial charge is 0.370 e. The van der Waals surface area contributed by atoms with Crippen LogP contribution in [-0.4, -0.2) is 30.1 Å². The van der Waals surface area contributed by atoms with Crippen molar-refractivity contribution in [1.82, 2.24) is 5.32 Å². The molecule has 5 heteroatoms. The number of hydrogen-bond acceptors (Lipinski definition) is 2. The van der Waals surface area contributed by atoms with Gasteiger partial charge in [-0.15, -0.1) is 42.2 Å². The van der Waals surface area contributed by atoms with E-state index in [2.05, 4.69) is 16.2 Å². The lowest BCUT2D eigenvalue weighted by Gasteiger charge is -2.23. The molecule has 17 heavy (non-hydrogen) atoms. The van der Waals surface area contributed by atoms with Crippen LogP contribution < -0.4 is 11.1 Å². The highest BCUT2D eigenvalue weighted by atomic mass is 127. The monoisotopic (exact) mass is 367 g/mol. The highest BCUT2D eigenvalue weighted by Crippen LogP contribution is 2.16. The van der Waals surface area contributed by atoms with Gasteiger partial charge in [0.1, 0.15) is 0 Å². The maximum Gasteiger partial charge on any atom is 0.188 e. The molecule has 0 saturated heterocycles. The van der Waals surface area contributed by atoms with Crippen molar-refractivity contribution in [1.29, 1.82) is 0 Å². The molecule has 98 valence electrons. The molecular weight excluding hydrogens is 345 g/mol. The maximum atomic E-state index is 5.81. The SMILES string of the molecule is C#CCSCCN=C(N)NC1CCCCC1.I. The summed E-state index contributed by atoms with van der Waals surface area (Å²) in [5.41, 5.74) is 5.81. The minimum atomic E-state index is 0. The van der Waals surface area contributed by atoms with Gasteiger partial charge in [-0.1, -0.05) is 25.2 Å². The van der Waals surface area contributed by atoms with Crippen molar-refractivity contribution in [2.75, 3.05) is 18.1 Å². The van der Waals surface area contributed by atoms with Crippen molar-refractivity contribution >= 4 is 41.7 Å². The van der Waals surface area contributed by atoms with Gasteiger partial charge in [-0.3, -0.25) is 4.99 Å². The van der Waals surface area contributed by atoms with Gasteiger partial charge >= 0.3 is 0 Å². The van der Waals surface area contributed by atoms with Crippen LogP contribution in [0.2, 0.25) is 0 Å². The zero-order chi connectivity index (χ0) is 11.6. The van der Waals surface area contributed by atoms with Gasteiger partial charge in [-0.25, -0.2) is 0 Å². The van der Waals surface area contributed by atoms with E-state index < -0.39 is 0 Å². The number of nitrogens with zero attached hydrogens (tertiary/aromatic N) is 1. The molecule has 0 amide bonds. The zero-order valence-electron chi connectivity index (χ0n) is 10.2. The van der Waals surface area contributed by atoms with Crippen molar-refractivity contribution < 1.29 is 0 Å². The molecule has 0 aliphatic heterocycles. The molecule has 0 heterocycles. The quantitative estimate of drug-likeness (QED) is 0.258. The van der Waals surface area contributed by atoms with Crippen molar-refractivity contribution in [2.45, 2.75) is 38.1 Å². The first kappa shape index (κ1) is 16.9. The van der Waals surface area contributed by atoms with E-state index in [9.17, 15) is 0 Å². The van der Waals surface area contributed by atoms with E-state index in [1.807, 2.05) is 0 Å². The van der Waals surface area contributed by atoms with Crippen LogP contribution in [0.3, 0.4) is 0 Å². The Bertz CT molecular complexity index is 257. The molecule has 0 aromatic rings. The number of rotatable bonds is 5. The van der Waals surface area contributed by atoms with Gasteiger partial charge in [0.2, 0.25) is 0 Å². The summed E-state index contributed by atoms with van der Waals surface area (Å²) in [5, 5.41) is 3.29. The van der Waals surface area contributed by atoms with E-state index in [0.29, 0.717) is 12.0 Å². The number of halogens is 1. The molecule has 0 radical (unpaired) electrons. The van der Waals surface area contributed by atoms with E-state index in [1.165, 1.54) is 32.1 Å². The summed E-state index contributed by atoms with van der Waals surface area (Å²) >= 11 is 1.71. The van der Waals surface area contributed by atoms with Crippen LogP contribution in [-0.2, 0) is 0 Å². The van der Waals surface area contributed by atoms with Gasteiger partial charge in [-0.05, 0) is 12.8 Å². The number of terminal acetylenes is 1. The summed E-state index contributed by atoms with van der Waals surface area (Å²) < 4.78 is 0. The third-order valence-electron chi connectivity index (χ3n) is 2.66. The van der Waals surface area contributed by atoms with Gasteiger partial charge in [0.25, 0.3) is 0 Å². The third kappa shape index (κ3) is 8.61. The highest BCUT2D eigenvalue weighted by Gasteiger charge is 2.12. The molecule has 1 fully saturated rings. The van der Waals surface area contributed by atoms with Crippen molar-refractivity contribution in [3.63, 3.8) is 0 Å². The van der Waals surface area contributed by atoms with E-state index in [1.54, 1.807) is 11.8 Å². The maximum absolute atomic E-state index is 5.81. The Morgan fingerprint density at radius 3 is 2.76 bits per heavy atom. The van der Waals surface area contributed by atoms with Gasteiger partial charge in [-0.2, -0.15) is 0 Å². The normalized spacial score (nSPS) is 17.0. The van der Waals surface area contributed by atoms with E-state index in [-0.39, 0.29) is 24.0 Å². The Morgan fingerprint density at radius 1 is 1.41 bits per heavy atom. The third-order valence-corrected chi connectivity index (χ3v) is 3.50. The lowest BCUT2D eigenvalue weighted by molar-refractivity contribution is 0.412. The first-order valence-electron chi connectivity index (χ1n) is 5.90. The molecule has 0 aromatic carbocycles. The molecule has 1 rings (SSSR count). The molecule has 3 nitrogen and oxygen atoms in total. The number of hydrogen-bond donors (Lipinski definition) is 2. The van der Waals surface area contributed by atoms with Crippen molar-refractivity contribution in [3.8, 4) is 12.3 Å². The summed E-state index contributed by atoms with van der Waals surface area (Å²) in [4.78, 5) is 4.28. The number of nitrogens with two attached hydrogens (primary N) is 1. The molecular formula is C12H22IN3S.